The summed E-state index contributed by atoms with van der Waals surface area (Å²) in [5.41, 5.74) is 1.86. The van der Waals surface area contributed by atoms with E-state index in [-0.39, 0.29) is 17.7 Å². The molecule has 0 unspecified atom stereocenters. The fourth-order valence-electron chi connectivity index (χ4n) is 3.99. The fourth-order valence-corrected chi connectivity index (χ4v) is 3.99. The van der Waals surface area contributed by atoms with E-state index in [2.05, 4.69) is 45.0 Å². The molecule has 0 radical (unpaired) electrons. The number of likely N-dealkylation sites (tertiary alicyclic amines) is 1. The van der Waals surface area contributed by atoms with Crippen LogP contribution in [0, 0.1) is 0 Å². The predicted molar refractivity (Wildman–Crippen MR) is 126 cm³/mol. The second kappa shape index (κ2) is 10.9. The molecule has 2 amide bonds. The highest BCUT2D eigenvalue weighted by atomic mass is 16.2. The molecule has 9 heteroatoms. The third kappa shape index (κ3) is 6.06. The molecule has 1 atom stereocenters. The van der Waals surface area contributed by atoms with E-state index in [4.69, 9.17) is 0 Å². The summed E-state index contributed by atoms with van der Waals surface area (Å²) in [5, 5.41) is 19.2. The largest absolute Gasteiger partial charge is 0.369 e. The van der Waals surface area contributed by atoms with Crippen molar-refractivity contribution in [3.8, 4) is 0 Å². The highest BCUT2D eigenvalue weighted by Crippen LogP contribution is 2.14. The summed E-state index contributed by atoms with van der Waals surface area (Å²) in [4.78, 5) is 26.0. The van der Waals surface area contributed by atoms with Crippen LogP contribution < -0.4 is 10.6 Å². The van der Waals surface area contributed by atoms with E-state index in [1.165, 1.54) is 5.56 Å². The van der Waals surface area contributed by atoms with E-state index in [0.717, 1.165) is 38.3 Å². The van der Waals surface area contributed by atoms with Crippen LogP contribution in [0.25, 0.3) is 5.65 Å². The van der Waals surface area contributed by atoms with Gasteiger partial charge in [-0.15, -0.1) is 15.3 Å². The molecule has 174 valence electrons. The van der Waals surface area contributed by atoms with E-state index >= 15 is 0 Å². The SMILES string of the molecule is C[C@H](CNC(=O)CCc1nnc2ccc(NCCCN3CCCC3=O)nn12)c1ccccc1. The molecule has 2 aromatic heterocycles. The van der Waals surface area contributed by atoms with Crippen LogP contribution in [0.2, 0.25) is 0 Å². The molecule has 9 nitrogen and oxygen atoms in total. The van der Waals surface area contributed by atoms with E-state index in [9.17, 15) is 9.59 Å². The lowest BCUT2D eigenvalue weighted by atomic mass is 10.0. The summed E-state index contributed by atoms with van der Waals surface area (Å²) in [6, 6.07) is 13.9. The van der Waals surface area contributed by atoms with Gasteiger partial charge >= 0.3 is 0 Å². The number of hydrogen-bond acceptors (Lipinski definition) is 6. The number of aromatic nitrogens is 4. The first-order valence-electron chi connectivity index (χ1n) is 11.6. The Morgan fingerprint density at radius 3 is 2.79 bits per heavy atom. The molecule has 1 aliphatic rings. The second-order valence-corrected chi connectivity index (χ2v) is 8.49. The van der Waals surface area contributed by atoms with Crippen LogP contribution in [0.4, 0.5) is 5.82 Å². The van der Waals surface area contributed by atoms with Gasteiger partial charge < -0.3 is 15.5 Å². The molecular weight excluding hydrogens is 418 g/mol. The third-order valence-electron chi connectivity index (χ3n) is 5.96. The maximum absolute atomic E-state index is 12.4. The Labute approximate surface area is 193 Å². The summed E-state index contributed by atoms with van der Waals surface area (Å²) in [6.45, 7) is 5.05. The van der Waals surface area contributed by atoms with E-state index in [0.29, 0.717) is 37.3 Å². The van der Waals surface area contributed by atoms with Gasteiger partial charge in [0.25, 0.3) is 0 Å². The minimum absolute atomic E-state index is 0.0136. The van der Waals surface area contributed by atoms with Crippen molar-refractivity contribution in [2.45, 2.75) is 44.9 Å². The van der Waals surface area contributed by atoms with Gasteiger partial charge in [0.05, 0.1) is 0 Å². The zero-order valence-electron chi connectivity index (χ0n) is 19.0. The van der Waals surface area contributed by atoms with Crippen LogP contribution in [-0.4, -0.2) is 62.7 Å². The zero-order valence-corrected chi connectivity index (χ0v) is 19.0. The molecule has 33 heavy (non-hydrogen) atoms. The number of aryl methyl sites for hydroxylation is 1. The summed E-state index contributed by atoms with van der Waals surface area (Å²) in [7, 11) is 0. The number of amides is 2. The van der Waals surface area contributed by atoms with Gasteiger partial charge in [-0.3, -0.25) is 9.59 Å². The molecular formula is C24H31N7O2. The Morgan fingerprint density at radius 1 is 1.15 bits per heavy atom. The van der Waals surface area contributed by atoms with Crippen LogP contribution in [-0.2, 0) is 16.0 Å². The quantitative estimate of drug-likeness (QED) is 0.436. The lowest BCUT2D eigenvalue weighted by Crippen LogP contribution is -2.27. The average Bonchev–Trinajstić information content (AvgIpc) is 3.44. The van der Waals surface area contributed by atoms with Crippen molar-refractivity contribution in [1.29, 1.82) is 0 Å². The van der Waals surface area contributed by atoms with Crippen LogP contribution in [0.3, 0.4) is 0 Å². The van der Waals surface area contributed by atoms with E-state index in [1.807, 2.05) is 35.2 Å². The highest BCUT2D eigenvalue weighted by molar-refractivity contribution is 5.78. The maximum Gasteiger partial charge on any atom is 0.222 e. The lowest BCUT2D eigenvalue weighted by molar-refractivity contribution is -0.127. The summed E-state index contributed by atoms with van der Waals surface area (Å²) in [5.74, 6) is 1.87. The minimum Gasteiger partial charge on any atom is -0.369 e. The molecule has 0 spiro atoms. The van der Waals surface area contributed by atoms with E-state index < -0.39 is 0 Å². The highest BCUT2D eigenvalue weighted by Gasteiger charge is 2.19. The molecule has 0 aliphatic carbocycles. The fraction of sp³-hybridized carbons (Fsp3) is 0.458. The summed E-state index contributed by atoms with van der Waals surface area (Å²) >= 11 is 0. The smallest absolute Gasteiger partial charge is 0.222 e. The Balaban J connectivity index is 1.24. The number of anilines is 1. The Hall–Kier alpha value is -3.49. The molecule has 1 aromatic carbocycles. The first-order chi connectivity index (χ1) is 16.1. The van der Waals surface area contributed by atoms with Gasteiger partial charge in [-0.1, -0.05) is 37.3 Å². The Morgan fingerprint density at radius 2 is 2.00 bits per heavy atom. The molecule has 1 aliphatic heterocycles. The van der Waals surface area contributed by atoms with Crippen molar-refractivity contribution in [3.63, 3.8) is 0 Å². The monoisotopic (exact) mass is 449 g/mol. The third-order valence-corrected chi connectivity index (χ3v) is 5.96. The molecule has 0 saturated carbocycles. The zero-order chi connectivity index (χ0) is 23.0. The molecule has 1 fully saturated rings. The summed E-state index contributed by atoms with van der Waals surface area (Å²) < 4.78 is 1.69. The summed E-state index contributed by atoms with van der Waals surface area (Å²) in [6.07, 6.45) is 3.28. The van der Waals surface area contributed by atoms with Crippen LogP contribution >= 0.6 is 0 Å². The van der Waals surface area contributed by atoms with Crippen LogP contribution in [0.15, 0.2) is 42.5 Å². The number of benzene rings is 1. The minimum atomic E-state index is -0.0136. The van der Waals surface area contributed by atoms with Gasteiger partial charge in [0.1, 0.15) is 5.82 Å². The standard InChI is InChI=1S/C24H31N7O2/c1-18(19-7-3-2-4-8-19)17-26-23(32)13-12-22-28-27-21-11-10-20(29-31(21)22)25-14-6-16-30-15-5-9-24(30)33/h2-4,7-8,10-11,18H,5-6,9,12-17H2,1H3,(H,25,29)(H,26,32)/t18-/m1/s1. The molecule has 2 N–H and O–H groups in total. The van der Waals surface area contributed by atoms with Crippen molar-refractivity contribution in [2.24, 2.45) is 0 Å². The maximum atomic E-state index is 12.4. The van der Waals surface area contributed by atoms with Crippen molar-refractivity contribution in [3.05, 3.63) is 53.9 Å². The Bertz CT molecular complexity index is 1080. The number of rotatable bonds is 11. The van der Waals surface area contributed by atoms with Gasteiger partial charge in [-0.2, -0.15) is 4.52 Å². The number of nitrogens with one attached hydrogen (secondary N) is 2. The normalized spacial score (nSPS) is 14.6. The number of fused-ring (bicyclic) bond motifs is 1. The number of nitrogens with zero attached hydrogens (tertiary/aromatic N) is 5. The van der Waals surface area contributed by atoms with Gasteiger partial charge in [0.15, 0.2) is 11.5 Å². The van der Waals surface area contributed by atoms with Crippen molar-refractivity contribution >= 4 is 23.3 Å². The second-order valence-electron chi connectivity index (χ2n) is 8.49. The topological polar surface area (TPSA) is 105 Å². The number of hydrogen-bond donors (Lipinski definition) is 2. The van der Waals surface area contributed by atoms with Gasteiger partial charge in [0.2, 0.25) is 11.8 Å². The van der Waals surface area contributed by atoms with Crippen molar-refractivity contribution in [1.82, 2.24) is 30.0 Å². The first kappa shape index (κ1) is 22.7. The van der Waals surface area contributed by atoms with Gasteiger partial charge in [0, 0.05) is 45.4 Å². The molecule has 4 rings (SSSR count). The van der Waals surface area contributed by atoms with Crippen LogP contribution in [0.5, 0.6) is 0 Å². The van der Waals surface area contributed by atoms with E-state index in [1.54, 1.807) is 4.52 Å². The average molecular weight is 450 g/mol. The Kier molecular flexibility index (Phi) is 7.49. The first-order valence-corrected chi connectivity index (χ1v) is 11.6. The number of carbonyl (C=O) groups is 2. The number of carbonyl (C=O) groups excluding carboxylic acids is 2. The van der Waals surface area contributed by atoms with Gasteiger partial charge in [-0.05, 0) is 36.5 Å². The van der Waals surface area contributed by atoms with Gasteiger partial charge in [-0.25, -0.2) is 0 Å². The predicted octanol–water partition coefficient (Wildman–Crippen LogP) is 2.40. The van der Waals surface area contributed by atoms with Crippen molar-refractivity contribution < 1.29 is 9.59 Å². The van der Waals surface area contributed by atoms with Crippen LogP contribution in [0.1, 0.15) is 49.9 Å². The lowest BCUT2D eigenvalue weighted by Gasteiger charge is -2.15. The van der Waals surface area contributed by atoms with Crippen molar-refractivity contribution in [2.75, 3.05) is 31.5 Å². The molecule has 0 bridgehead atoms. The molecule has 1 saturated heterocycles. The molecule has 3 aromatic rings. The molecule has 3 heterocycles.